The summed E-state index contributed by atoms with van der Waals surface area (Å²) in [5, 5.41) is 18.6. The predicted molar refractivity (Wildman–Crippen MR) is 135 cm³/mol. The molecule has 0 saturated heterocycles. The molecule has 1 aliphatic carbocycles. The number of nitrogens with one attached hydrogen (secondary N) is 1. The van der Waals surface area contributed by atoms with Gasteiger partial charge in [-0.05, 0) is 47.6 Å². The van der Waals surface area contributed by atoms with E-state index in [9.17, 15) is 14.7 Å². The van der Waals surface area contributed by atoms with Crippen LogP contribution in [0.15, 0.2) is 85.1 Å². The Morgan fingerprint density at radius 1 is 0.946 bits per heavy atom. The molecule has 0 bridgehead atoms. The maximum Gasteiger partial charge on any atom is 1.00 e. The average molecular weight is 520 g/mol. The first kappa shape index (κ1) is 27.3. The minimum absolute atomic E-state index is 0. The number of aromatic nitrogens is 2. The van der Waals surface area contributed by atoms with E-state index < -0.39 is 23.6 Å². The summed E-state index contributed by atoms with van der Waals surface area (Å²) in [7, 11) is 1.76. The summed E-state index contributed by atoms with van der Waals surface area (Å²) in [5.41, 5.74) is 4.54. The van der Waals surface area contributed by atoms with Crippen LogP contribution in [0, 0.1) is 0 Å². The maximum atomic E-state index is 12.6. The van der Waals surface area contributed by atoms with Crippen molar-refractivity contribution in [3.63, 3.8) is 0 Å². The summed E-state index contributed by atoms with van der Waals surface area (Å²) in [4.78, 5) is 24.1. The first-order chi connectivity index (χ1) is 17.4. The largest absolute Gasteiger partial charge is 1.00 e. The number of carboxylic acid groups (broad SMARTS) is 1. The number of carboxylic acids is 1. The second-order valence-electron chi connectivity index (χ2n) is 9.14. The van der Waals surface area contributed by atoms with Crippen molar-refractivity contribution in [3.8, 4) is 22.3 Å². The van der Waals surface area contributed by atoms with Crippen molar-refractivity contribution < 1.29 is 70.8 Å². The van der Waals surface area contributed by atoms with Crippen LogP contribution in [0.4, 0.5) is 10.6 Å². The molecule has 0 spiro atoms. The Kier molecular flexibility index (Phi) is 8.35. The van der Waals surface area contributed by atoms with Crippen molar-refractivity contribution in [3.05, 3.63) is 96.2 Å². The van der Waals surface area contributed by atoms with Gasteiger partial charge >= 0.3 is 57.5 Å². The second kappa shape index (κ2) is 11.3. The fourth-order valence-electron chi connectivity index (χ4n) is 4.44. The molecule has 1 saturated carbocycles. The third-order valence-electron chi connectivity index (χ3n) is 6.82. The van der Waals surface area contributed by atoms with E-state index in [0.717, 1.165) is 33.4 Å². The zero-order valence-corrected chi connectivity index (χ0v) is 24.2. The van der Waals surface area contributed by atoms with Gasteiger partial charge in [-0.1, -0.05) is 78.9 Å². The van der Waals surface area contributed by atoms with Crippen LogP contribution in [-0.4, -0.2) is 21.8 Å². The number of anilines is 1. The number of benzene rings is 3. The number of nitrogens with zero attached hydrogens (tertiary/aromatic N) is 2. The molecule has 1 atom stereocenters. The smallest absolute Gasteiger partial charge is 0.549 e. The number of hydrogen-bond donors (Lipinski definition) is 1. The Labute approximate surface area is 258 Å². The van der Waals surface area contributed by atoms with Crippen molar-refractivity contribution in [1.82, 2.24) is 9.78 Å². The Morgan fingerprint density at radius 3 is 2.08 bits per heavy atom. The zero-order chi connectivity index (χ0) is 25.3. The Balaban J connectivity index is 0.00000320. The van der Waals surface area contributed by atoms with Crippen molar-refractivity contribution >= 4 is 17.9 Å². The van der Waals surface area contributed by atoms with Gasteiger partial charge in [0.05, 0.1) is 12.2 Å². The zero-order valence-electron chi connectivity index (χ0n) is 21.1. The number of aryl methyl sites for hydroxylation is 1. The quantitative estimate of drug-likeness (QED) is 0.376. The predicted octanol–water partition coefficient (Wildman–Crippen LogP) is 1.85. The van der Waals surface area contributed by atoms with Gasteiger partial charge in [0.25, 0.3) is 0 Å². The number of carbonyl (C=O) groups excluding carboxylic acids is 2. The van der Waals surface area contributed by atoms with Crippen LogP contribution in [-0.2, 0) is 22.0 Å². The molecule has 0 radical (unpaired) electrons. The fraction of sp³-hybridized carbons (Fsp3) is 0.207. The van der Waals surface area contributed by atoms with E-state index in [1.54, 1.807) is 17.9 Å². The number of rotatable bonds is 7. The van der Waals surface area contributed by atoms with Crippen LogP contribution in [0.3, 0.4) is 0 Å². The Hall–Kier alpha value is -2.75. The van der Waals surface area contributed by atoms with Crippen LogP contribution in [0.25, 0.3) is 22.3 Å². The van der Waals surface area contributed by atoms with Gasteiger partial charge in [0.2, 0.25) is 0 Å². The number of carbonyl (C=O) groups is 2. The van der Waals surface area contributed by atoms with Gasteiger partial charge in [0.1, 0.15) is 11.9 Å². The van der Waals surface area contributed by atoms with Gasteiger partial charge in [-0.15, -0.1) is 0 Å². The van der Waals surface area contributed by atoms with E-state index in [2.05, 4.69) is 10.4 Å². The molecule has 1 N–H and O–H groups in total. The minimum atomic E-state index is -1.00. The van der Waals surface area contributed by atoms with Crippen LogP contribution in [0.1, 0.15) is 37.0 Å². The van der Waals surface area contributed by atoms with Gasteiger partial charge < -0.3 is 14.6 Å². The molecule has 7 nitrogen and oxygen atoms in total. The molecule has 182 valence electrons. The van der Waals surface area contributed by atoms with Crippen LogP contribution < -0.4 is 61.8 Å². The molecule has 1 amide bonds. The van der Waals surface area contributed by atoms with Crippen molar-refractivity contribution in [2.45, 2.75) is 31.3 Å². The molecule has 1 fully saturated rings. The summed E-state index contributed by atoms with van der Waals surface area (Å²) >= 11 is 0. The van der Waals surface area contributed by atoms with Crippen molar-refractivity contribution in [2.75, 3.05) is 5.32 Å². The molecule has 0 aliphatic heterocycles. The van der Waals surface area contributed by atoms with E-state index in [1.807, 2.05) is 85.8 Å². The number of amides is 1. The molecule has 4 aromatic rings. The Bertz CT molecular complexity index is 1400. The molecule has 1 heterocycles. The van der Waals surface area contributed by atoms with E-state index in [0.29, 0.717) is 18.7 Å². The summed E-state index contributed by atoms with van der Waals surface area (Å²) < 4.78 is 7.15. The van der Waals surface area contributed by atoms with E-state index in [-0.39, 0.29) is 51.4 Å². The topological polar surface area (TPSA) is 96.3 Å². The summed E-state index contributed by atoms with van der Waals surface area (Å²) in [6.45, 7) is 1.83. The molecule has 3 aromatic carbocycles. The van der Waals surface area contributed by atoms with Crippen LogP contribution in [0.5, 0.6) is 0 Å². The third-order valence-corrected chi connectivity index (χ3v) is 6.82. The van der Waals surface area contributed by atoms with Gasteiger partial charge in [-0.2, -0.15) is 5.10 Å². The maximum absolute atomic E-state index is 12.6. The van der Waals surface area contributed by atoms with E-state index >= 15 is 0 Å². The van der Waals surface area contributed by atoms with Gasteiger partial charge in [-0.25, -0.2) is 4.79 Å². The van der Waals surface area contributed by atoms with Gasteiger partial charge in [-0.3, -0.25) is 10.00 Å². The van der Waals surface area contributed by atoms with E-state index in [1.165, 1.54) is 0 Å². The molecule has 1 unspecified atom stereocenters. The minimum Gasteiger partial charge on any atom is -0.549 e. The fourth-order valence-corrected chi connectivity index (χ4v) is 4.44. The molecule has 1 aliphatic rings. The molecular weight excluding hydrogens is 493 g/mol. The van der Waals surface area contributed by atoms with Crippen LogP contribution >= 0.6 is 0 Å². The SMILES string of the molecule is CC(OC(=O)Nc1c(-c2ccc(-c3ccc(C4(C(=O)[O-])CC4)cc3)cc2)cnn1C)c1ccccc1.[K+]. The third kappa shape index (κ3) is 5.73. The van der Waals surface area contributed by atoms with Gasteiger partial charge in [0.15, 0.2) is 0 Å². The Morgan fingerprint density at radius 2 is 1.51 bits per heavy atom. The van der Waals surface area contributed by atoms with E-state index in [4.69, 9.17) is 4.74 Å². The first-order valence-electron chi connectivity index (χ1n) is 11.8. The number of hydrogen-bond acceptors (Lipinski definition) is 5. The summed E-state index contributed by atoms with van der Waals surface area (Å²) in [6.07, 6.45) is 2.01. The molecule has 37 heavy (non-hydrogen) atoms. The summed E-state index contributed by atoms with van der Waals surface area (Å²) in [5.74, 6) is -0.465. The summed E-state index contributed by atoms with van der Waals surface area (Å²) in [6, 6.07) is 25.1. The van der Waals surface area contributed by atoms with Crippen LogP contribution in [0.2, 0.25) is 0 Å². The first-order valence-corrected chi connectivity index (χ1v) is 11.8. The van der Waals surface area contributed by atoms with Crippen molar-refractivity contribution in [2.24, 2.45) is 7.05 Å². The standard InChI is InChI=1S/C29H27N3O4.K/c1-19(20-6-4-3-5-7-20)36-28(35)31-26-25(18-30-32(26)2)23-10-8-21(9-11-23)22-12-14-24(15-13-22)29(16-17-29)27(33)34;/h3-15,18-19H,16-17H2,1-2H3,(H,31,35)(H,33,34);/q;+1/p-1. The van der Waals surface area contributed by atoms with Crippen molar-refractivity contribution in [1.29, 1.82) is 0 Å². The molecule has 1 aromatic heterocycles. The number of ether oxygens (including phenoxy) is 1. The number of aliphatic carboxylic acids is 1. The molecule has 8 heteroatoms. The average Bonchev–Trinajstić information content (AvgIpc) is 3.64. The monoisotopic (exact) mass is 519 g/mol. The second-order valence-corrected chi connectivity index (χ2v) is 9.14. The normalized spacial score (nSPS) is 14.2. The molecular formula is C29H26KN3O4. The molecule has 5 rings (SSSR count). The van der Waals surface area contributed by atoms with Gasteiger partial charge in [0, 0.05) is 18.0 Å².